The maximum absolute atomic E-state index is 12.2. The van der Waals surface area contributed by atoms with Crippen LogP contribution in [0.2, 0.25) is 19.6 Å². The molecule has 0 spiro atoms. The van der Waals surface area contributed by atoms with Gasteiger partial charge >= 0.3 is 0 Å². The van der Waals surface area contributed by atoms with Crippen molar-refractivity contribution in [1.29, 1.82) is 0 Å². The van der Waals surface area contributed by atoms with E-state index in [0.29, 0.717) is 0 Å². The first-order chi connectivity index (χ1) is 9.42. The fourth-order valence-electron chi connectivity index (χ4n) is 2.18. The quantitative estimate of drug-likeness (QED) is 0.495. The zero-order chi connectivity index (χ0) is 14.8. The number of para-hydroxylation sites is 1. The second-order valence-corrected chi connectivity index (χ2v) is 10.9. The Morgan fingerprint density at radius 2 is 1.95 bits per heavy atom. The van der Waals surface area contributed by atoms with Gasteiger partial charge in [0, 0.05) is 16.8 Å². The molecule has 1 N–H and O–H groups in total. The Morgan fingerprint density at radius 1 is 1.25 bits per heavy atom. The number of hydrogen-bond donors (Lipinski definition) is 1. The largest absolute Gasteiger partial charge is 0.321 e. The first-order valence-electron chi connectivity index (χ1n) is 7.09. The zero-order valence-corrected chi connectivity index (χ0v) is 13.6. The minimum atomic E-state index is -1.44. The fourth-order valence-corrected chi connectivity index (χ4v) is 2.71. The van der Waals surface area contributed by atoms with Crippen LogP contribution < -0.4 is 5.32 Å². The van der Waals surface area contributed by atoms with Crippen molar-refractivity contribution in [3.05, 3.63) is 35.4 Å². The van der Waals surface area contributed by atoms with Crippen molar-refractivity contribution >= 4 is 25.2 Å². The number of nitrogens with one attached hydrogen (secondary N) is 1. The monoisotopic (exact) mass is 283 g/mol. The molecule has 1 amide bonds. The van der Waals surface area contributed by atoms with Crippen molar-refractivity contribution in [3.8, 4) is 11.5 Å². The summed E-state index contributed by atoms with van der Waals surface area (Å²) in [5.41, 5.74) is 7.03. The second-order valence-electron chi connectivity index (χ2n) is 6.10. The lowest BCUT2D eigenvalue weighted by atomic mass is 9.98. The maximum atomic E-state index is 12.2. The third kappa shape index (κ3) is 3.20. The fraction of sp³-hybridized carbons (Fsp3) is 0.353. The van der Waals surface area contributed by atoms with Crippen LogP contribution >= 0.6 is 0 Å². The van der Waals surface area contributed by atoms with Crippen molar-refractivity contribution in [2.45, 2.75) is 39.4 Å². The van der Waals surface area contributed by atoms with Crippen molar-refractivity contribution in [1.82, 2.24) is 0 Å². The second kappa shape index (κ2) is 5.68. The molecule has 1 aliphatic heterocycles. The zero-order valence-electron chi connectivity index (χ0n) is 12.6. The molecule has 0 atom stereocenters. The smallest absolute Gasteiger partial charge is 0.257 e. The Labute approximate surface area is 122 Å². The minimum absolute atomic E-state index is 0.0143. The highest BCUT2D eigenvalue weighted by molar-refractivity contribution is 6.83. The van der Waals surface area contributed by atoms with E-state index in [1.165, 1.54) is 0 Å². The van der Waals surface area contributed by atoms with E-state index in [9.17, 15) is 4.79 Å². The van der Waals surface area contributed by atoms with Crippen LogP contribution in [0.1, 0.15) is 25.3 Å². The number of benzene rings is 1. The predicted molar refractivity (Wildman–Crippen MR) is 88.0 cm³/mol. The standard InChI is InChI=1S/C17H21NOSi/c1-5-8-13(11-12-20(2,3)4)16-14-9-6-7-10-15(14)18-17(16)19/h6-7,9-10H,5,8H2,1-4H3,(H,18,19)/b16-13-. The summed E-state index contributed by atoms with van der Waals surface area (Å²) in [5.74, 6) is 3.29. The summed E-state index contributed by atoms with van der Waals surface area (Å²) in [6.45, 7) is 8.78. The van der Waals surface area contributed by atoms with Crippen LogP contribution in [-0.2, 0) is 4.79 Å². The van der Waals surface area contributed by atoms with Gasteiger partial charge in [0.1, 0.15) is 8.07 Å². The summed E-state index contributed by atoms with van der Waals surface area (Å²) >= 11 is 0. The van der Waals surface area contributed by atoms with Crippen LogP contribution in [0.5, 0.6) is 0 Å². The van der Waals surface area contributed by atoms with E-state index in [1.807, 2.05) is 24.3 Å². The maximum Gasteiger partial charge on any atom is 0.257 e. The summed E-state index contributed by atoms with van der Waals surface area (Å²) in [7, 11) is -1.44. The highest BCUT2D eigenvalue weighted by atomic mass is 28.3. The first kappa shape index (κ1) is 14.6. The molecular weight excluding hydrogens is 262 g/mol. The van der Waals surface area contributed by atoms with Crippen molar-refractivity contribution < 1.29 is 4.79 Å². The van der Waals surface area contributed by atoms with E-state index in [-0.39, 0.29) is 5.91 Å². The third-order valence-corrected chi connectivity index (χ3v) is 3.94. The van der Waals surface area contributed by atoms with Gasteiger partial charge in [0.2, 0.25) is 0 Å². The van der Waals surface area contributed by atoms with Gasteiger partial charge in [-0.2, -0.15) is 0 Å². The molecule has 2 nitrogen and oxygen atoms in total. The Morgan fingerprint density at radius 3 is 2.60 bits per heavy atom. The number of fused-ring (bicyclic) bond motifs is 1. The summed E-state index contributed by atoms with van der Waals surface area (Å²) < 4.78 is 0. The predicted octanol–water partition coefficient (Wildman–Crippen LogP) is 4.07. The van der Waals surface area contributed by atoms with E-state index < -0.39 is 8.07 Å². The van der Waals surface area contributed by atoms with E-state index >= 15 is 0 Å². The topological polar surface area (TPSA) is 29.1 Å². The van der Waals surface area contributed by atoms with Crippen LogP contribution in [0.3, 0.4) is 0 Å². The van der Waals surface area contributed by atoms with Crippen LogP contribution in [0.4, 0.5) is 5.69 Å². The Hall–Kier alpha value is -1.79. The Bertz CT molecular complexity index is 626. The molecule has 1 aromatic rings. The molecule has 104 valence electrons. The molecule has 1 heterocycles. The molecule has 0 saturated heterocycles. The van der Waals surface area contributed by atoms with Crippen LogP contribution in [0.15, 0.2) is 29.8 Å². The molecule has 0 bridgehead atoms. The highest BCUT2D eigenvalue weighted by Gasteiger charge is 2.26. The van der Waals surface area contributed by atoms with Crippen molar-refractivity contribution in [2.24, 2.45) is 0 Å². The highest BCUT2D eigenvalue weighted by Crippen LogP contribution is 2.34. The number of rotatable bonds is 2. The van der Waals surface area contributed by atoms with E-state index in [0.717, 1.165) is 35.2 Å². The normalized spacial score (nSPS) is 16.1. The van der Waals surface area contributed by atoms with Gasteiger partial charge in [0.15, 0.2) is 0 Å². The number of amides is 1. The van der Waals surface area contributed by atoms with Crippen LogP contribution in [-0.4, -0.2) is 14.0 Å². The molecule has 3 heteroatoms. The molecule has 0 aromatic heterocycles. The van der Waals surface area contributed by atoms with Gasteiger partial charge in [-0.3, -0.25) is 4.79 Å². The van der Waals surface area contributed by atoms with Gasteiger partial charge < -0.3 is 5.32 Å². The summed E-state index contributed by atoms with van der Waals surface area (Å²) in [6, 6.07) is 7.84. The van der Waals surface area contributed by atoms with Crippen LogP contribution in [0.25, 0.3) is 5.57 Å². The average molecular weight is 283 g/mol. The number of carbonyl (C=O) groups excluding carboxylic acids is 1. The minimum Gasteiger partial charge on any atom is -0.321 e. The molecule has 1 aliphatic rings. The van der Waals surface area contributed by atoms with Gasteiger partial charge in [-0.15, -0.1) is 5.54 Å². The van der Waals surface area contributed by atoms with E-state index in [4.69, 9.17) is 0 Å². The third-order valence-electron chi connectivity index (χ3n) is 3.06. The molecule has 0 aliphatic carbocycles. The van der Waals surface area contributed by atoms with Crippen molar-refractivity contribution in [3.63, 3.8) is 0 Å². The van der Waals surface area contributed by atoms with Gasteiger partial charge in [-0.1, -0.05) is 57.1 Å². The number of hydrogen-bond acceptors (Lipinski definition) is 1. The average Bonchev–Trinajstić information content (AvgIpc) is 2.69. The Balaban J connectivity index is 2.55. The Kier molecular flexibility index (Phi) is 4.15. The van der Waals surface area contributed by atoms with Gasteiger partial charge in [-0.05, 0) is 12.5 Å². The number of allylic oxidation sites excluding steroid dienone is 1. The number of anilines is 1. The molecule has 0 fully saturated rings. The van der Waals surface area contributed by atoms with Crippen LogP contribution in [0, 0.1) is 11.5 Å². The lowest BCUT2D eigenvalue weighted by Crippen LogP contribution is -2.16. The van der Waals surface area contributed by atoms with E-state index in [2.05, 4.69) is 43.3 Å². The van der Waals surface area contributed by atoms with Crippen molar-refractivity contribution in [2.75, 3.05) is 5.32 Å². The first-order valence-corrected chi connectivity index (χ1v) is 10.6. The molecule has 20 heavy (non-hydrogen) atoms. The molecule has 0 radical (unpaired) electrons. The molecule has 0 saturated carbocycles. The lowest BCUT2D eigenvalue weighted by Gasteiger charge is -2.07. The summed E-state index contributed by atoms with van der Waals surface area (Å²) in [5, 5.41) is 2.93. The summed E-state index contributed by atoms with van der Waals surface area (Å²) in [6.07, 6.45) is 1.85. The van der Waals surface area contributed by atoms with E-state index in [1.54, 1.807) is 0 Å². The van der Waals surface area contributed by atoms with Gasteiger partial charge in [0.05, 0.1) is 5.57 Å². The molecule has 0 unspecified atom stereocenters. The molecular formula is C17H21NOSi. The van der Waals surface area contributed by atoms with Gasteiger partial charge in [-0.25, -0.2) is 0 Å². The number of carbonyl (C=O) groups is 1. The molecule has 2 rings (SSSR count). The molecule has 1 aromatic carbocycles. The SMILES string of the molecule is CCC/C(C#C[Si](C)(C)C)=C1/C(=O)Nc2ccccc21. The lowest BCUT2D eigenvalue weighted by molar-refractivity contribution is -0.110. The van der Waals surface area contributed by atoms with Gasteiger partial charge in [0.25, 0.3) is 5.91 Å². The summed E-state index contributed by atoms with van der Waals surface area (Å²) in [4.78, 5) is 12.2.